The Bertz CT molecular complexity index is 632. The van der Waals surface area contributed by atoms with Gasteiger partial charge in [-0.1, -0.05) is 12.1 Å². The minimum absolute atomic E-state index is 0.227. The third-order valence-corrected chi connectivity index (χ3v) is 3.57. The van der Waals surface area contributed by atoms with Crippen LogP contribution in [0.1, 0.15) is 16.1 Å². The van der Waals surface area contributed by atoms with Gasteiger partial charge in [0.15, 0.2) is 0 Å². The molecule has 104 valence electrons. The molecule has 2 rings (SSSR count). The summed E-state index contributed by atoms with van der Waals surface area (Å²) in [4.78, 5) is 25.8. The van der Waals surface area contributed by atoms with Crippen molar-refractivity contribution in [1.29, 1.82) is 0 Å². The molecular weight excluding hydrogens is 274 g/mol. The number of nitrogens with zero attached hydrogens (tertiary/aromatic N) is 2. The molecule has 0 aliphatic carbocycles. The highest BCUT2D eigenvalue weighted by molar-refractivity contribution is 7.98. The van der Waals surface area contributed by atoms with Crippen LogP contribution in [0, 0.1) is 0 Å². The zero-order valence-corrected chi connectivity index (χ0v) is 12.1. The van der Waals surface area contributed by atoms with Crippen molar-refractivity contribution in [2.45, 2.75) is 11.4 Å². The largest absolute Gasteiger partial charge is 0.336 e. The van der Waals surface area contributed by atoms with Crippen molar-refractivity contribution in [2.75, 3.05) is 13.3 Å². The van der Waals surface area contributed by atoms with Gasteiger partial charge in [-0.3, -0.25) is 9.59 Å². The van der Waals surface area contributed by atoms with Crippen molar-refractivity contribution in [3.05, 3.63) is 58.0 Å². The summed E-state index contributed by atoms with van der Waals surface area (Å²) >= 11 is 1.68. The fourth-order valence-corrected chi connectivity index (χ4v) is 2.14. The van der Waals surface area contributed by atoms with Gasteiger partial charge in [-0.2, -0.15) is 5.10 Å². The van der Waals surface area contributed by atoms with E-state index in [9.17, 15) is 9.59 Å². The lowest BCUT2D eigenvalue weighted by molar-refractivity contribution is 0.0778. The first kappa shape index (κ1) is 14.3. The quantitative estimate of drug-likeness (QED) is 0.871. The van der Waals surface area contributed by atoms with Crippen LogP contribution in [0.25, 0.3) is 0 Å². The van der Waals surface area contributed by atoms with Gasteiger partial charge in [0.1, 0.15) is 5.69 Å². The van der Waals surface area contributed by atoms with Crippen LogP contribution in [0.2, 0.25) is 0 Å². The van der Waals surface area contributed by atoms with Gasteiger partial charge in [-0.05, 0) is 30.0 Å². The van der Waals surface area contributed by atoms with E-state index in [2.05, 4.69) is 10.2 Å². The number of rotatable bonds is 4. The lowest BCUT2D eigenvalue weighted by Crippen LogP contribution is -2.28. The Hall–Kier alpha value is -2.08. The third kappa shape index (κ3) is 3.48. The number of hydrogen-bond donors (Lipinski definition) is 1. The second kappa shape index (κ2) is 6.38. The number of nitrogens with one attached hydrogen (secondary N) is 1. The highest BCUT2D eigenvalue weighted by Crippen LogP contribution is 2.15. The molecule has 0 aliphatic rings. The van der Waals surface area contributed by atoms with Crippen molar-refractivity contribution in [3.8, 4) is 0 Å². The van der Waals surface area contributed by atoms with Crippen LogP contribution in [0.3, 0.4) is 0 Å². The Morgan fingerprint density at radius 2 is 1.95 bits per heavy atom. The molecule has 1 heterocycles. The van der Waals surface area contributed by atoms with Gasteiger partial charge in [-0.25, -0.2) is 5.10 Å². The lowest BCUT2D eigenvalue weighted by Gasteiger charge is -2.16. The van der Waals surface area contributed by atoms with E-state index in [4.69, 9.17) is 0 Å². The zero-order valence-electron chi connectivity index (χ0n) is 11.3. The first-order chi connectivity index (χ1) is 9.60. The van der Waals surface area contributed by atoms with Gasteiger partial charge >= 0.3 is 0 Å². The summed E-state index contributed by atoms with van der Waals surface area (Å²) in [5.41, 5.74) is 0.952. The molecule has 1 aromatic carbocycles. The average Bonchev–Trinajstić information content (AvgIpc) is 2.48. The molecule has 1 aromatic heterocycles. The molecule has 1 N–H and O–H groups in total. The van der Waals surface area contributed by atoms with Crippen molar-refractivity contribution in [2.24, 2.45) is 0 Å². The maximum Gasteiger partial charge on any atom is 0.274 e. The van der Waals surface area contributed by atoms with E-state index in [0.717, 1.165) is 5.56 Å². The SMILES string of the molecule is CSc1ccc(CN(C)C(=O)c2ccc(=O)[nH]n2)cc1. The third-order valence-electron chi connectivity index (χ3n) is 2.82. The standard InChI is InChI=1S/C14H15N3O2S/c1-17(9-10-3-5-11(20-2)6-4-10)14(19)12-7-8-13(18)16-15-12/h3-8H,9H2,1-2H3,(H,16,18). The normalized spacial score (nSPS) is 10.3. The molecule has 0 aliphatic heterocycles. The molecule has 6 heteroatoms. The van der Waals surface area contributed by atoms with Gasteiger partial charge in [0.25, 0.3) is 11.5 Å². The number of amides is 1. The van der Waals surface area contributed by atoms with Gasteiger partial charge in [-0.15, -0.1) is 11.8 Å². The molecule has 0 atom stereocenters. The number of benzene rings is 1. The second-order valence-electron chi connectivity index (χ2n) is 4.32. The van der Waals surface area contributed by atoms with Gasteiger partial charge < -0.3 is 4.90 Å². The van der Waals surface area contributed by atoms with E-state index in [-0.39, 0.29) is 17.2 Å². The molecule has 2 aromatic rings. The summed E-state index contributed by atoms with van der Waals surface area (Å²) in [6, 6.07) is 10.8. The molecule has 0 bridgehead atoms. The van der Waals surface area contributed by atoms with Gasteiger partial charge in [0.05, 0.1) is 0 Å². The van der Waals surface area contributed by atoms with E-state index in [0.29, 0.717) is 6.54 Å². The summed E-state index contributed by atoms with van der Waals surface area (Å²) in [5, 5.41) is 6.00. The van der Waals surface area contributed by atoms with Crippen LogP contribution in [-0.2, 0) is 6.54 Å². The van der Waals surface area contributed by atoms with Gasteiger partial charge in [0, 0.05) is 24.6 Å². The van der Waals surface area contributed by atoms with Crippen LogP contribution >= 0.6 is 11.8 Å². The first-order valence-corrected chi connectivity index (χ1v) is 7.27. The maximum absolute atomic E-state index is 12.1. The fraction of sp³-hybridized carbons (Fsp3) is 0.214. The van der Waals surface area contributed by atoms with Crippen LogP contribution < -0.4 is 5.56 Å². The van der Waals surface area contributed by atoms with Crippen LogP contribution in [0.5, 0.6) is 0 Å². The summed E-state index contributed by atoms with van der Waals surface area (Å²) in [5.74, 6) is -0.227. The zero-order chi connectivity index (χ0) is 14.5. The minimum atomic E-state index is -0.322. The summed E-state index contributed by atoms with van der Waals surface area (Å²) in [6.07, 6.45) is 2.02. The van der Waals surface area contributed by atoms with E-state index in [1.54, 1.807) is 23.7 Å². The fourth-order valence-electron chi connectivity index (χ4n) is 1.74. The molecule has 0 fully saturated rings. The molecule has 0 saturated carbocycles. The van der Waals surface area contributed by atoms with E-state index in [1.807, 2.05) is 30.5 Å². The van der Waals surface area contributed by atoms with Crippen molar-refractivity contribution in [3.63, 3.8) is 0 Å². The van der Waals surface area contributed by atoms with Crippen LogP contribution in [-0.4, -0.2) is 34.3 Å². The number of thioether (sulfide) groups is 1. The van der Waals surface area contributed by atoms with E-state index >= 15 is 0 Å². The lowest BCUT2D eigenvalue weighted by atomic mass is 10.2. The number of hydrogen-bond acceptors (Lipinski definition) is 4. The van der Waals surface area contributed by atoms with Crippen molar-refractivity contribution >= 4 is 17.7 Å². The molecule has 0 radical (unpaired) electrons. The highest BCUT2D eigenvalue weighted by atomic mass is 32.2. The molecular formula is C14H15N3O2S. The molecule has 0 saturated heterocycles. The molecule has 0 spiro atoms. The molecule has 20 heavy (non-hydrogen) atoms. The Morgan fingerprint density at radius 1 is 1.25 bits per heavy atom. The number of aromatic amines is 1. The van der Waals surface area contributed by atoms with Crippen molar-refractivity contribution < 1.29 is 4.79 Å². The Balaban J connectivity index is 2.06. The minimum Gasteiger partial charge on any atom is -0.336 e. The van der Waals surface area contributed by atoms with Crippen LogP contribution in [0.4, 0.5) is 0 Å². The highest BCUT2D eigenvalue weighted by Gasteiger charge is 2.13. The number of H-pyrrole nitrogens is 1. The number of carbonyl (C=O) groups is 1. The van der Waals surface area contributed by atoms with Gasteiger partial charge in [0.2, 0.25) is 0 Å². The smallest absolute Gasteiger partial charge is 0.274 e. The molecule has 5 nitrogen and oxygen atoms in total. The number of carbonyl (C=O) groups excluding carboxylic acids is 1. The van der Waals surface area contributed by atoms with Crippen molar-refractivity contribution in [1.82, 2.24) is 15.1 Å². The van der Waals surface area contributed by atoms with E-state index < -0.39 is 0 Å². The molecule has 1 amide bonds. The Kier molecular flexibility index (Phi) is 4.57. The first-order valence-electron chi connectivity index (χ1n) is 6.04. The predicted octanol–water partition coefficient (Wildman–Crippen LogP) is 1.76. The van der Waals surface area contributed by atoms with E-state index in [1.165, 1.54) is 17.0 Å². The summed E-state index contributed by atoms with van der Waals surface area (Å²) in [7, 11) is 1.71. The topological polar surface area (TPSA) is 66.1 Å². The molecule has 0 unspecified atom stereocenters. The Labute approximate surface area is 121 Å². The average molecular weight is 289 g/mol. The summed E-state index contributed by atoms with van der Waals surface area (Å²) in [6.45, 7) is 0.494. The number of aromatic nitrogens is 2. The Morgan fingerprint density at radius 3 is 2.50 bits per heavy atom. The summed E-state index contributed by atoms with van der Waals surface area (Å²) < 4.78 is 0. The van der Waals surface area contributed by atoms with Crippen LogP contribution in [0.15, 0.2) is 46.1 Å². The monoisotopic (exact) mass is 289 g/mol. The second-order valence-corrected chi connectivity index (χ2v) is 5.20. The predicted molar refractivity (Wildman–Crippen MR) is 78.9 cm³/mol. The maximum atomic E-state index is 12.1.